The van der Waals surface area contributed by atoms with Gasteiger partial charge >= 0.3 is 0 Å². The second-order valence-electron chi connectivity index (χ2n) is 5.25. The highest BCUT2D eigenvalue weighted by Crippen LogP contribution is 2.24. The zero-order valence-corrected chi connectivity index (χ0v) is 15.3. The van der Waals surface area contributed by atoms with E-state index in [-0.39, 0.29) is 6.04 Å². The molecule has 21 heavy (non-hydrogen) atoms. The summed E-state index contributed by atoms with van der Waals surface area (Å²) in [6.45, 7) is 1.88. The van der Waals surface area contributed by atoms with E-state index in [0.29, 0.717) is 0 Å². The van der Waals surface area contributed by atoms with Crippen LogP contribution in [0.25, 0.3) is 0 Å². The van der Waals surface area contributed by atoms with Gasteiger partial charge in [0.05, 0.1) is 0 Å². The molecule has 1 atom stereocenters. The molecule has 2 rings (SSSR count). The van der Waals surface area contributed by atoms with Crippen molar-refractivity contribution in [2.75, 3.05) is 13.6 Å². The smallest absolute Gasteiger partial charge is 0.0318 e. The van der Waals surface area contributed by atoms with Crippen LogP contribution >= 0.6 is 31.9 Å². The van der Waals surface area contributed by atoms with Gasteiger partial charge in [-0.05, 0) is 43.3 Å². The average Bonchev–Trinajstić information content (AvgIpc) is 2.48. The normalized spacial score (nSPS) is 12.6. The van der Waals surface area contributed by atoms with Crippen LogP contribution in [0.3, 0.4) is 0 Å². The number of rotatable bonds is 6. The maximum atomic E-state index is 6.30. The van der Waals surface area contributed by atoms with Crippen LogP contribution in [-0.2, 0) is 6.54 Å². The lowest BCUT2D eigenvalue weighted by Crippen LogP contribution is -2.23. The number of halogens is 2. The maximum absolute atomic E-state index is 6.30. The molecule has 0 saturated carbocycles. The first-order chi connectivity index (χ1) is 10.1. The predicted octanol–water partition coefficient (Wildman–Crippen LogP) is 4.73. The van der Waals surface area contributed by atoms with Gasteiger partial charge in [0.1, 0.15) is 0 Å². The third kappa shape index (κ3) is 4.92. The lowest BCUT2D eigenvalue weighted by atomic mass is 10.0. The van der Waals surface area contributed by atoms with Gasteiger partial charge in [-0.2, -0.15) is 0 Å². The van der Waals surface area contributed by atoms with Gasteiger partial charge in [-0.3, -0.25) is 0 Å². The summed E-state index contributed by atoms with van der Waals surface area (Å²) in [6, 6.07) is 16.6. The van der Waals surface area contributed by atoms with Gasteiger partial charge < -0.3 is 10.6 Å². The molecule has 2 aromatic rings. The Kier molecular flexibility index (Phi) is 6.42. The summed E-state index contributed by atoms with van der Waals surface area (Å²) in [4.78, 5) is 2.30. The van der Waals surface area contributed by atoms with Gasteiger partial charge in [0, 0.05) is 21.5 Å². The van der Waals surface area contributed by atoms with Crippen molar-refractivity contribution in [2.45, 2.75) is 19.0 Å². The van der Waals surface area contributed by atoms with Crippen LogP contribution in [0.5, 0.6) is 0 Å². The highest BCUT2D eigenvalue weighted by molar-refractivity contribution is 9.10. The highest BCUT2D eigenvalue weighted by Gasteiger charge is 2.11. The zero-order valence-electron chi connectivity index (χ0n) is 12.1. The number of benzene rings is 2. The minimum absolute atomic E-state index is 0.0576. The molecule has 0 saturated heterocycles. The first kappa shape index (κ1) is 16.7. The number of nitrogens with zero attached hydrogens (tertiary/aromatic N) is 1. The molecule has 0 aliphatic heterocycles. The quantitative estimate of drug-likeness (QED) is 0.744. The van der Waals surface area contributed by atoms with E-state index in [4.69, 9.17) is 5.73 Å². The van der Waals surface area contributed by atoms with Gasteiger partial charge in [-0.1, -0.05) is 68.3 Å². The SMILES string of the molecule is CN(CCC(N)c1ccccc1Br)Cc1ccccc1Br. The Morgan fingerprint density at radius 2 is 1.62 bits per heavy atom. The Labute approximate surface area is 143 Å². The first-order valence-electron chi connectivity index (χ1n) is 7.00. The Morgan fingerprint density at radius 1 is 1.00 bits per heavy atom. The van der Waals surface area contributed by atoms with Crippen LogP contribution in [0, 0.1) is 0 Å². The average molecular weight is 412 g/mol. The van der Waals surface area contributed by atoms with E-state index in [1.54, 1.807) is 0 Å². The Bertz CT molecular complexity index is 587. The van der Waals surface area contributed by atoms with Crippen LogP contribution < -0.4 is 5.73 Å². The fourth-order valence-electron chi connectivity index (χ4n) is 2.29. The van der Waals surface area contributed by atoms with E-state index in [1.807, 2.05) is 24.3 Å². The van der Waals surface area contributed by atoms with Gasteiger partial charge in [0.25, 0.3) is 0 Å². The van der Waals surface area contributed by atoms with Crippen LogP contribution in [0.15, 0.2) is 57.5 Å². The molecule has 0 radical (unpaired) electrons. The number of nitrogens with two attached hydrogens (primary N) is 1. The van der Waals surface area contributed by atoms with E-state index in [1.165, 1.54) is 11.1 Å². The van der Waals surface area contributed by atoms with E-state index >= 15 is 0 Å². The van der Waals surface area contributed by atoms with E-state index in [0.717, 1.165) is 28.5 Å². The summed E-state index contributed by atoms with van der Waals surface area (Å²) in [5.74, 6) is 0. The molecule has 1 unspecified atom stereocenters. The molecule has 0 aromatic heterocycles. The summed E-state index contributed by atoms with van der Waals surface area (Å²) < 4.78 is 2.25. The molecule has 2 N–H and O–H groups in total. The molecule has 2 aromatic carbocycles. The molecule has 112 valence electrons. The molecule has 0 aliphatic rings. The van der Waals surface area contributed by atoms with Crippen molar-refractivity contribution in [3.05, 3.63) is 68.6 Å². The third-order valence-corrected chi connectivity index (χ3v) is 5.02. The molecule has 4 heteroatoms. The number of hydrogen-bond donors (Lipinski definition) is 1. The molecular formula is C17H20Br2N2. The Hall–Kier alpha value is -0.680. The molecular weight excluding hydrogens is 392 g/mol. The Morgan fingerprint density at radius 3 is 2.29 bits per heavy atom. The fourth-order valence-corrected chi connectivity index (χ4v) is 3.28. The largest absolute Gasteiger partial charge is 0.324 e. The van der Waals surface area contributed by atoms with E-state index in [2.05, 4.69) is 68.1 Å². The van der Waals surface area contributed by atoms with Crippen molar-refractivity contribution in [3.8, 4) is 0 Å². The van der Waals surface area contributed by atoms with E-state index < -0.39 is 0 Å². The molecule has 0 aliphatic carbocycles. The van der Waals surface area contributed by atoms with Crippen LogP contribution in [0.1, 0.15) is 23.6 Å². The zero-order chi connectivity index (χ0) is 15.2. The second kappa shape index (κ2) is 8.08. The maximum Gasteiger partial charge on any atom is 0.0318 e. The monoisotopic (exact) mass is 410 g/mol. The van der Waals surface area contributed by atoms with Crippen molar-refractivity contribution in [2.24, 2.45) is 5.73 Å². The molecule has 0 spiro atoms. The van der Waals surface area contributed by atoms with Crippen molar-refractivity contribution in [1.82, 2.24) is 4.90 Å². The van der Waals surface area contributed by atoms with Gasteiger partial charge in [0.15, 0.2) is 0 Å². The van der Waals surface area contributed by atoms with Gasteiger partial charge in [-0.25, -0.2) is 0 Å². The molecule has 0 bridgehead atoms. The third-order valence-electron chi connectivity index (χ3n) is 3.52. The molecule has 0 amide bonds. The Balaban J connectivity index is 1.88. The minimum atomic E-state index is 0.0576. The van der Waals surface area contributed by atoms with Gasteiger partial charge in [-0.15, -0.1) is 0 Å². The fraction of sp³-hybridized carbons (Fsp3) is 0.294. The van der Waals surface area contributed by atoms with Gasteiger partial charge in [0.2, 0.25) is 0 Å². The second-order valence-corrected chi connectivity index (χ2v) is 6.95. The standard InChI is InChI=1S/C17H20Br2N2/c1-21(12-13-6-2-4-8-15(13)18)11-10-17(20)14-7-3-5-9-16(14)19/h2-9,17H,10-12,20H2,1H3. The van der Waals surface area contributed by atoms with Crippen molar-refractivity contribution < 1.29 is 0 Å². The summed E-state index contributed by atoms with van der Waals surface area (Å²) in [5.41, 5.74) is 8.77. The predicted molar refractivity (Wildman–Crippen MR) is 96.2 cm³/mol. The molecule has 0 heterocycles. The summed E-state index contributed by atoms with van der Waals surface area (Å²) >= 11 is 7.16. The van der Waals surface area contributed by atoms with Crippen LogP contribution in [0.4, 0.5) is 0 Å². The topological polar surface area (TPSA) is 29.3 Å². The lowest BCUT2D eigenvalue weighted by Gasteiger charge is -2.20. The van der Waals surface area contributed by atoms with Crippen molar-refractivity contribution in [1.29, 1.82) is 0 Å². The highest BCUT2D eigenvalue weighted by atomic mass is 79.9. The van der Waals surface area contributed by atoms with Crippen LogP contribution in [-0.4, -0.2) is 18.5 Å². The number of hydrogen-bond acceptors (Lipinski definition) is 2. The summed E-state index contributed by atoms with van der Waals surface area (Å²) in [7, 11) is 2.13. The lowest BCUT2D eigenvalue weighted by molar-refractivity contribution is 0.311. The summed E-state index contributed by atoms with van der Waals surface area (Å²) in [5, 5.41) is 0. The molecule has 0 fully saturated rings. The van der Waals surface area contributed by atoms with E-state index in [9.17, 15) is 0 Å². The van der Waals surface area contributed by atoms with Crippen molar-refractivity contribution >= 4 is 31.9 Å². The molecule has 2 nitrogen and oxygen atoms in total. The van der Waals surface area contributed by atoms with Crippen LogP contribution in [0.2, 0.25) is 0 Å². The first-order valence-corrected chi connectivity index (χ1v) is 8.58. The minimum Gasteiger partial charge on any atom is -0.324 e. The summed E-state index contributed by atoms with van der Waals surface area (Å²) in [6.07, 6.45) is 0.934. The van der Waals surface area contributed by atoms with Crippen molar-refractivity contribution in [3.63, 3.8) is 0 Å².